The van der Waals surface area contributed by atoms with Crippen LogP contribution in [0.4, 0.5) is 0 Å². The predicted octanol–water partition coefficient (Wildman–Crippen LogP) is 0.442. The van der Waals surface area contributed by atoms with Gasteiger partial charge in [-0.05, 0) is 20.3 Å². The SMILES string of the molecule is CC(C)(N)CS(=O)(=O)CCCC#N. The van der Waals surface area contributed by atoms with Gasteiger partial charge in [-0.1, -0.05) is 0 Å². The van der Waals surface area contributed by atoms with E-state index in [4.69, 9.17) is 11.0 Å². The minimum Gasteiger partial charge on any atom is -0.325 e. The Balaban J connectivity index is 4.05. The Morgan fingerprint density at radius 3 is 2.38 bits per heavy atom. The number of nitrogens with zero attached hydrogens (tertiary/aromatic N) is 1. The second kappa shape index (κ2) is 4.58. The number of nitriles is 1. The first-order chi connectivity index (χ1) is 5.77. The van der Waals surface area contributed by atoms with E-state index in [1.807, 2.05) is 6.07 Å². The molecule has 0 rings (SSSR count). The van der Waals surface area contributed by atoms with Crippen molar-refractivity contribution in [2.75, 3.05) is 11.5 Å². The zero-order valence-electron chi connectivity index (χ0n) is 8.08. The van der Waals surface area contributed by atoms with E-state index in [9.17, 15) is 8.42 Å². The van der Waals surface area contributed by atoms with E-state index in [1.165, 1.54) is 0 Å². The molecule has 0 saturated heterocycles. The molecule has 0 saturated carbocycles. The number of rotatable bonds is 5. The van der Waals surface area contributed by atoms with Crippen molar-refractivity contribution in [3.8, 4) is 6.07 Å². The fourth-order valence-electron chi connectivity index (χ4n) is 1.01. The predicted molar refractivity (Wildman–Crippen MR) is 51.8 cm³/mol. The minimum atomic E-state index is -3.09. The van der Waals surface area contributed by atoms with E-state index < -0.39 is 15.4 Å². The monoisotopic (exact) mass is 204 g/mol. The summed E-state index contributed by atoms with van der Waals surface area (Å²) in [5.74, 6) is 0.0343. The molecular formula is C8H16N2O2S. The molecule has 0 spiro atoms. The smallest absolute Gasteiger partial charge is 0.152 e. The first kappa shape index (κ1) is 12.4. The molecule has 0 amide bonds. The van der Waals surface area contributed by atoms with E-state index in [2.05, 4.69) is 0 Å². The summed E-state index contributed by atoms with van der Waals surface area (Å²) in [6, 6.07) is 1.91. The van der Waals surface area contributed by atoms with Crippen LogP contribution >= 0.6 is 0 Å². The Kier molecular flexibility index (Phi) is 4.37. The van der Waals surface area contributed by atoms with Gasteiger partial charge < -0.3 is 5.73 Å². The highest BCUT2D eigenvalue weighted by atomic mass is 32.2. The lowest BCUT2D eigenvalue weighted by Gasteiger charge is -2.17. The number of sulfone groups is 1. The third kappa shape index (κ3) is 7.75. The molecule has 0 bridgehead atoms. The van der Waals surface area contributed by atoms with Crippen LogP contribution < -0.4 is 5.73 Å². The topological polar surface area (TPSA) is 84.0 Å². The lowest BCUT2D eigenvalue weighted by molar-refractivity contribution is 0.543. The maximum atomic E-state index is 11.3. The van der Waals surface area contributed by atoms with Crippen molar-refractivity contribution < 1.29 is 8.42 Å². The van der Waals surface area contributed by atoms with Gasteiger partial charge in [0.25, 0.3) is 0 Å². The summed E-state index contributed by atoms with van der Waals surface area (Å²) in [5.41, 5.74) is 4.89. The molecule has 0 radical (unpaired) electrons. The van der Waals surface area contributed by atoms with Crippen molar-refractivity contribution in [2.45, 2.75) is 32.2 Å². The van der Waals surface area contributed by atoms with Crippen molar-refractivity contribution >= 4 is 9.84 Å². The first-order valence-corrected chi connectivity index (χ1v) is 5.95. The average molecular weight is 204 g/mol. The highest BCUT2D eigenvalue weighted by molar-refractivity contribution is 7.91. The van der Waals surface area contributed by atoms with Gasteiger partial charge in [0.2, 0.25) is 0 Å². The van der Waals surface area contributed by atoms with E-state index in [0.717, 1.165) is 0 Å². The van der Waals surface area contributed by atoms with Crippen LogP contribution in [0.1, 0.15) is 26.7 Å². The molecule has 0 aromatic carbocycles. The molecule has 0 atom stereocenters. The molecule has 0 aromatic rings. The average Bonchev–Trinajstić information content (AvgIpc) is 1.81. The summed E-state index contributed by atoms with van der Waals surface area (Å²) < 4.78 is 22.7. The quantitative estimate of drug-likeness (QED) is 0.659. The van der Waals surface area contributed by atoms with Gasteiger partial charge in [0, 0.05) is 12.0 Å². The van der Waals surface area contributed by atoms with Crippen LogP contribution in [0, 0.1) is 11.3 Å². The molecule has 76 valence electrons. The van der Waals surface area contributed by atoms with Crippen LogP contribution in [-0.2, 0) is 9.84 Å². The normalized spacial score (nSPS) is 12.5. The van der Waals surface area contributed by atoms with Crippen LogP contribution in [0.2, 0.25) is 0 Å². The maximum absolute atomic E-state index is 11.3. The molecule has 4 nitrogen and oxygen atoms in total. The standard InChI is InChI=1S/C8H16N2O2S/c1-8(2,10)7-13(11,12)6-4-3-5-9/h3-4,6-7,10H2,1-2H3. The van der Waals surface area contributed by atoms with Crippen molar-refractivity contribution in [1.82, 2.24) is 0 Å². The van der Waals surface area contributed by atoms with E-state index in [-0.39, 0.29) is 17.9 Å². The second-order valence-corrected chi connectivity index (χ2v) is 6.03. The molecule has 0 fully saturated rings. The molecule has 0 heterocycles. The van der Waals surface area contributed by atoms with Crippen molar-refractivity contribution in [3.63, 3.8) is 0 Å². The van der Waals surface area contributed by atoms with Crippen molar-refractivity contribution in [1.29, 1.82) is 5.26 Å². The van der Waals surface area contributed by atoms with Gasteiger partial charge in [-0.25, -0.2) is 8.42 Å². The zero-order chi connectivity index (χ0) is 10.5. The molecular weight excluding hydrogens is 188 g/mol. The van der Waals surface area contributed by atoms with Gasteiger partial charge in [0.05, 0.1) is 17.6 Å². The lowest BCUT2D eigenvalue weighted by atomic mass is 10.1. The van der Waals surface area contributed by atoms with Crippen LogP contribution in [0.15, 0.2) is 0 Å². The van der Waals surface area contributed by atoms with E-state index >= 15 is 0 Å². The van der Waals surface area contributed by atoms with Gasteiger partial charge >= 0.3 is 0 Å². The highest BCUT2D eigenvalue weighted by Gasteiger charge is 2.21. The van der Waals surface area contributed by atoms with Gasteiger partial charge in [-0.15, -0.1) is 0 Å². The third-order valence-corrected chi connectivity index (χ3v) is 3.43. The fourth-order valence-corrected chi connectivity index (χ4v) is 2.87. The van der Waals surface area contributed by atoms with E-state index in [1.54, 1.807) is 13.8 Å². The summed E-state index contributed by atoms with van der Waals surface area (Å²) >= 11 is 0. The van der Waals surface area contributed by atoms with Crippen LogP contribution in [0.25, 0.3) is 0 Å². The highest BCUT2D eigenvalue weighted by Crippen LogP contribution is 2.05. The van der Waals surface area contributed by atoms with Crippen molar-refractivity contribution in [3.05, 3.63) is 0 Å². The molecule has 13 heavy (non-hydrogen) atoms. The Bertz CT molecular complexity index is 282. The van der Waals surface area contributed by atoms with Gasteiger partial charge in [-0.2, -0.15) is 5.26 Å². The molecule has 5 heteroatoms. The fraction of sp³-hybridized carbons (Fsp3) is 0.875. The van der Waals surface area contributed by atoms with Gasteiger partial charge in [-0.3, -0.25) is 0 Å². The van der Waals surface area contributed by atoms with Gasteiger partial charge in [0.1, 0.15) is 0 Å². The number of nitrogens with two attached hydrogens (primary N) is 1. The van der Waals surface area contributed by atoms with Crippen LogP contribution in [-0.4, -0.2) is 25.5 Å². The summed E-state index contributed by atoms with van der Waals surface area (Å²) in [6.45, 7) is 3.35. The van der Waals surface area contributed by atoms with Crippen LogP contribution in [0.5, 0.6) is 0 Å². The summed E-state index contributed by atoms with van der Waals surface area (Å²) in [4.78, 5) is 0. The van der Waals surface area contributed by atoms with Crippen LogP contribution in [0.3, 0.4) is 0 Å². The Labute approximate surface area is 79.7 Å². The summed E-state index contributed by atoms with van der Waals surface area (Å²) in [7, 11) is -3.09. The van der Waals surface area contributed by atoms with E-state index in [0.29, 0.717) is 6.42 Å². The molecule has 0 aliphatic carbocycles. The second-order valence-electron chi connectivity index (χ2n) is 3.84. The molecule has 0 aliphatic heterocycles. The van der Waals surface area contributed by atoms with Crippen molar-refractivity contribution in [2.24, 2.45) is 5.73 Å². The molecule has 2 N–H and O–H groups in total. The number of unbranched alkanes of at least 4 members (excludes halogenated alkanes) is 1. The Morgan fingerprint density at radius 1 is 1.46 bits per heavy atom. The number of hydrogen-bond donors (Lipinski definition) is 1. The Morgan fingerprint density at radius 2 is 2.00 bits per heavy atom. The summed E-state index contributed by atoms with van der Waals surface area (Å²) in [6.07, 6.45) is 0.680. The zero-order valence-corrected chi connectivity index (χ0v) is 8.89. The summed E-state index contributed by atoms with van der Waals surface area (Å²) in [5, 5.41) is 8.23. The maximum Gasteiger partial charge on any atom is 0.152 e. The largest absolute Gasteiger partial charge is 0.325 e. The van der Waals surface area contributed by atoms with Gasteiger partial charge in [0.15, 0.2) is 9.84 Å². The molecule has 0 unspecified atom stereocenters. The minimum absolute atomic E-state index is 0.0224. The molecule has 0 aromatic heterocycles. The number of hydrogen-bond acceptors (Lipinski definition) is 4. The first-order valence-electron chi connectivity index (χ1n) is 4.13. The lowest BCUT2D eigenvalue weighted by Crippen LogP contribution is -2.40. The Hall–Kier alpha value is -0.600. The third-order valence-electron chi connectivity index (χ3n) is 1.34. The molecule has 0 aliphatic rings.